The monoisotopic (exact) mass is 365 g/mol. The molecule has 0 fully saturated rings. The first-order valence-corrected chi connectivity index (χ1v) is 8.65. The number of rotatable bonds is 3. The van der Waals surface area contributed by atoms with E-state index < -0.39 is 26.6 Å². The number of nitrogens with zero attached hydrogens (tertiary/aromatic N) is 2. The highest BCUT2D eigenvalue weighted by molar-refractivity contribution is 7.89. The Bertz CT molecular complexity index is 1080. The lowest BCUT2D eigenvalue weighted by Gasteiger charge is -2.08. The van der Waals surface area contributed by atoms with E-state index in [9.17, 15) is 17.2 Å². The molecule has 0 spiro atoms. The number of benzene rings is 1. The standard InChI is InChI=1S/C16H13F2N3O3S/c1-8-10(4-3-5-20-8)16-15(9(2)24-21-16)11-6-13(18)14(7-12(11)17)25(19,22)23/h3-7H,1-2H3,(H2,19,22,23). The van der Waals surface area contributed by atoms with Gasteiger partial charge in [-0.2, -0.15) is 0 Å². The van der Waals surface area contributed by atoms with Crippen LogP contribution in [0.4, 0.5) is 8.78 Å². The van der Waals surface area contributed by atoms with Crippen LogP contribution in [-0.2, 0) is 10.0 Å². The minimum absolute atomic E-state index is 0.179. The Morgan fingerprint density at radius 1 is 1.12 bits per heavy atom. The smallest absolute Gasteiger partial charge is 0.241 e. The molecular weight excluding hydrogens is 352 g/mol. The van der Waals surface area contributed by atoms with Gasteiger partial charge in [0.05, 0.1) is 5.56 Å². The van der Waals surface area contributed by atoms with E-state index in [1.807, 2.05) is 0 Å². The maximum atomic E-state index is 14.5. The molecule has 0 atom stereocenters. The van der Waals surface area contributed by atoms with Crippen LogP contribution in [0.25, 0.3) is 22.4 Å². The summed E-state index contributed by atoms with van der Waals surface area (Å²) in [5, 5.41) is 8.81. The van der Waals surface area contributed by atoms with E-state index in [1.165, 1.54) is 0 Å². The predicted octanol–water partition coefficient (Wildman–Crippen LogP) is 2.95. The minimum atomic E-state index is -4.38. The van der Waals surface area contributed by atoms with Crippen molar-refractivity contribution in [2.75, 3.05) is 0 Å². The Balaban J connectivity index is 2.28. The van der Waals surface area contributed by atoms with Gasteiger partial charge in [0.25, 0.3) is 0 Å². The fourth-order valence-electron chi connectivity index (χ4n) is 2.55. The number of aromatic nitrogens is 2. The zero-order valence-electron chi connectivity index (χ0n) is 13.2. The van der Waals surface area contributed by atoms with Gasteiger partial charge >= 0.3 is 0 Å². The van der Waals surface area contributed by atoms with E-state index >= 15 is 0 Å². The van der Waals surface area contributed by atoms with Gasteiger partial charge in [0.15, 0.2) is 0 Å². The molecule has 0 aliphatic heterocycles. The molecule has 0 radical (unpaired) electrons. The van der Waals surface area contributed by atoms with Crippen molar-refractivity contribution in [2.45, 2.75) is 18.7 Å². The third-order valence-electron chi connectivity index (χ3n) is 3.72. The number of aryl methyl sites for hydroxylation is 2. The summed E-state index contributed by atoms with van der Waals surface area (Å²) in [5.41, 5.74) is 1.53. The lowest BCUT2D eigenvalue weighted by molar-refractivity contribution is 0.400. The molecule has 6 nitrogen and oxygen atoms in total. The Hall–Kier alpha value is -2.65. The number of primary sulfonamides is 1. The molecule has 2 N–H and O–H groups in total. The normalized spacial score (nSPS) is 11.7. The van der Waals surface area contributed by atoms with Gasteiger partial charge in [-0.25, -0.2) is 22.3 Å². The van der Waals surface area contributed by atoms with Crippen molar-refractivity contribution in [3.8, 4) is 22.4 Å². The molecule has 9 heteroatoms. The molecular formula is C16H13F2N3O3S. The van der Waals surface area contributed by atoms with Gasteiger partial charge in [-0.05, 0) is 38.1 Å². The molecule has 130 valence electrons. The number of hydrogen-bond acceptors (Lipinski definition) is 5. The fraction of sp³-hybridized carbons (Fsp3) is 0.125. The number of pyridine rings is 1. The van der Waals surface area contributed by atoms with Crippen LogP contribution in [0, 0.1) is 25.5 Å². The highest BCUT2D eigenvalue weighted by Gasteiger charge is 2.25. The molecule has 0 amide bonds. The van der Waals surface area contributed by atoms with E-state index in [2.05, 4.69) is 10.1 Å². The van der Waals surface area contributed by atoms with Gasteiger partial charge in [-0.1, -0.05) is 5.16 Å². The van der Waals surface area contributed by atoms with E-state index in [0.29, 0.717) is 17.3 Å². The molecule has 3 rings (SSSR count). The van der Waals surface area contributed by atoms with Crippen molar-refractivity contribution >= 4 is 10.0 Å². The second-order valence-electron chi connectivity index (χ2n) is 5.41. The molecule has 0 aliphatic carbocycles. The van der Waals surface area contributed by atoms with Crippen molar-refractivity contribution in [3.05, 3.63) is 53.6 Å². The van der Waals surface area contributed by atoms with Crippen LogP contribution in [0.3, 0.4) is 0 Å². The van der Waals surface area contributed by atoms with E-state index in [0.717, 1.165) is 6.07 Å². The van der Waals surface area contributed by atoms with Crippen molar-refractivity contribution < 1.29 is 21.7 Å². The van der Waals surface area contributed by atoms with Gasteiger partial charge < -0.3 is 4.52 Å². The lowest BCUT2D eigenvalue weighted by atomic mass is 9.98. The molecule has 2 aromatic heterocycles. The second kappa shape index (κ2) is 6.01. The summed E-state index contributed by atoms with van der Waals surface area (Å²) in [6, 6.07) is 4.71. The fourth-order valence-corrected chi connectivity index (χ4v) is 3.14. The molecule has 0 bridgehead atoms. The van der Waals surface area contributed by atoms with Gasteiger partial charge in [-0.15, -0.1) is 0 Å². The van der Waals surface area contributed by atoms with Crippen molar-refractivity contribution in [1.29, 1.82) is 0 Å². The zero-order valence-corrected chi connectivity index (χ0v) is 14.1. The third kappa shape index (κ3) is 3.03. The van der Waals surface area contributed by atoms with Crippen LogP contribution in [0.1, 0.15) is 11.5 Å². The summed E-state index contributed by atoms with van der Waals surface area (Å²) in [7, 11) is -4.38. The Kier molecular flexibility index (Phi) is 4.13. The highest BCUT2D eigenvalue weighted by Crippen LogP contribution is 2.37. The molecule has 0 aliphatic rings. The van der Waals surface area contributed by atoms with Gasteiger partial charge in [0, 0.05) is 23.0 Å². The highest BCUT2D eigenvalue weighted by atomic mass is 32.2. The summed E-state index contributed by atoms with van der Waals surface area (Å²) in [6.07, 6.45) is 1.59. The summed E-state index contributed by atoms with van der Waals surface area (Å²) in [6.45, 7) is 3.28. The average molecular weight is 365 g/mol. The SMILES string of the molecule is Cc1ncccc1-c1noc(C)c1-c1cc(F)c(S(N)(=O)=O)cc1F. The average Bonchev–Trinajstić information content (AvgIpc) is 2.90. The lowest BCUT2D eigenvalue weighted by Crippen LogP contribution is -2.14. The molecule has 3 aromatic rings. The first kappa shape index (κ1) is 17.2. The predicted molar refractivity (Wildman–Crippen MR) is 85.9 cm³/mol. The van der Waals surface area contributed by atoms with Crippen LogP contribution >= 0.6 is 0 Å². The molecule has 0 unspecified atom stereocenters. The maximum absolute atomic E-state index is 14.5. The second-order valence-corrected chi connectivity index (χ2v) is 6.94. The first-order chi connectivity index (χ1) is 11.7. The molecule has 25 heavy (non-hydrogen) atoms. The van der Waals surface area contributed by atoms with Gasteiger partial charge in [0.1, 0.15) is 28.0 Å². The van der Waals surface area contributed by atoms with Crippen LogP contribution in [0.5, 0.6) is 0 Å². The molecule has 0 saturated carbocycles. The Morgan fingerprint density at radius 3 is 2.48 bits per heavy atom. The Labute approximate surface area is 142 Å². The third-order valence-corrected chi connectivity index (χ3v) is 4.65. The molecule has 0 saturated heterocycles. The van der Waals surface area contributed by atoms with Crippen molar-refractivity contribution in [3.63, 3.8) is 0 Å². The number of halogens is 2. The van der Waals surface area contributed by atoms with Crippen LogP contribution < -0.4 is 5.14 Å². The molecule has 1 aromatic carbocycles. The van der Waals surface area contributed by atoms with Gasteiger partial charge in [-0.3, -0.25) is 4.98 Å². The summed E-state index contributed by atoms with van der Waals surface area (Å²) >= 11 is 0. The topological polar surface area (TPSA) is 99.1 Å². The van der Waals surface area contributed by atoms with E-state index in [4.69, 9.17) is 9.66 Å². The van der Waals surface area contributed by atoms with Crippen LogP contribution in [0.2, 0.25) is 0 Å². The minimum Gasteiger partial charge on any atom is -0.360 e. The number of hydrogen-bond donors (Lipinski definition) is 1. The number of sulfonamides is 1. The first-order valence-electron chi connectivity index (χ1n) is 7.10. The largest absolute Gasteiger partial charge is 0.360 e. The zero-order chi connectivity index (χ0) is 18.4. The van der Waals surface area contributed by atoms with Crippen molar-refractivity contribution in [2.24, 2.45) is 5.14 Å². The maximum Gasteiger partial charge on any atom is 0.241 e. The quantitative estimate of drug-likeness (QED) is 0.769. The van der Waals surface area contributed by atoms with E-state index in [-0.39, 0.29) is 22.6 Å². The number of nitrogens with two attached hydrogens (primary N) is 1. The summed E-state index contributed by atoms with van der Waals surface area (Å²) in [5.74, 6) is -1.87. The molecule has 2 heterocycles. The van der Waals surface area contributed by atoms with Crippen LogP contribution in [0.15, 0.2) is 39.9 Å². The van der Waals surface area contributed by atoms with E-state index in [1.54, 1.807) is 32.2 Å². The van der Waals surface area contributed by atoms with Crippen LogP contribution in [-0.4, -0.2) is 18.6 Å². The summed E-state index contributed by atoms with van der Waals surface area (Å²) < 4.78 is 56.5. The van der Waals surface area contributed by atoms with Gasteiger partial charge in [0.2, 0.25) is 10.0 Å². The summed E-state index contributed by atoms with van der Waals surface area (Å²) in [4.78, 5) is 3.23. The Morgan fingerprint density at radius 2 is 1.84 bits per heavy atom. The van der Waals surface area contributed by atoms with Crippen molar-refractivity contribution in [1.82, 2.24) is 10.1 Å².